The number of benzene rings is 2. The van der Waals surface area contributed by atoms with E-state index in [4.69, 9.17) is 16.3 Å². The molecule has 0 aliphatic heterocycles. The van der Waals surface area contributed by atoms with Gasteiger partial charge in [-0.25, -0.2) is 0 Å². The van der Waals surface area contributed by atoms with Crippen LogP contribution in [0.3, 0.4) is 0 Å². The topological polar surface area (TPSA) is 72.6 Å². The molecule has 5 nitrogen and oxygen atoms in total. The zero-order chi connectivity index (χ0) is 14.7. The van der Waals surface area contributed by atoms with Crippen LogP contribution in [0.4, 0.5) is 5.69 Å². The summed E-state index contributed by atoms with van der Waals surface area (Å²) in [5, 5.41) is 20.4. The Balaban J connectivity index is 2.25. The molecule has 104 valence electrons. The Morgan fingerprint density at radius 1 is 1.25 bits per heavy atom. The molecular weight excluding hydrogens is 282 g/mol. The van der Waals surface area contributed by atoms with Gasteiger partial charge < -0.3 is 9.84 Å². The maximum absolute atomic E-state index is 10.7. The van der Waals surface area contributed by atoms with E-state index in [0.717, 1.165) is 5.56 Å². The van der Waals surface area contributed by atoms with Crippen LogP contribution in [-0.4, -0.2) is 10.0 Å². The molecule has 0 saturated heterocycles. The van der Waals surface area contributed by atoms with Crippen LogP contribution >= 0.6 is 11.6 Å². The molecule has 0 aromatic heterocycles. The van der Waals surface area contributed by atoms with Crippen LogP contribution in [0.5, 0.6) is 11.5 Å². The number of ether oxygens (including phenoxy) is 1. The number of nitro groups is 1. The minimum absolute atomic E-state index is 0.0926. The molecular formula is C14H12ClNO4. The first kappa shape index (κ1) is 14.3. The number of hydrogen-bond acceptors (Lipinski definition) is 4. The number of nitrogens with zero attached hydrogens (tertiary/aromatic N) is 1. The molecule has 0 saturated carbocycles. The standard InChI is InChI=1S/C14H12ClNO4/c1-9(17)10-2-5-12(6-3-10)20-14-8-11(16(18)19)4-7-13(14)15/h2-9,17H,1H3/t9-/m1/s1. The summed E-state index contributed by atoms with van der Waals surface area (Å²) in [6.45, 7) is 1.66. The number of rotatable bonds is 4. The third kappa shape index (κ3) is 3.26. The predicted molar refractivity (Wildman–Crippen MR) is 75.3 cm³/mol. The Hall–Kier alpha value is -2.11. The number of non-ortho nitro benzene ring substituents is 1. The van der Waals surface area contributed by atoms with Gasteiger partial charge in [0.25, 0.3) is 5.69 Å². The van der Waals surface area contributed by atoms with Crippen LogP contribution in [0.25, 0.3) is 0 Å². The third-order valence-corrected chi connectivity index (χ3v) is 3.03. The SMILES string of the molecule is C[C@@H](O)c1ccc(Oc2cc([N+](=O)[O-])ccc2Cl)cc1. The number of halogens is 1. The molecule has 6 heteroatoms. The summed E-state index contributed by atoms with van der Waals surface area (Å²) in [6.07, 6.45) is -0.564. The van der Waals surface area contributed by atoms with Gasteiger partial charge in [0.15, 0.2) is 5.75 Å². The Morgan fingerprint density at radius 2 is 1.90 bits per heavy atom. The van der Waals surface area contributed by atoms with Crippen molar-refractivity contribution in [1.82, 2.24) is 0 Å². The minimum Gasteiger partial charge on any atom is -0.456 e. The van der Waals surface area contributed by atoms with E-state index in [0.29, 0.717) is 5.75 Å². The van der Waals surface area contributed by atoms with Crippen LogP contribution in [0, 0.1) is 10.1 Å². The van der Waals surface area contributed by atoms with Crippen molar-refractivity contribution in [3.63, 3.8) is 0 Å². The number of nitro benzene ring substituents is 1. The lowest BCUT2D eigenvalue weighted by atomic mass is 10.1. The Kier molecular flexibility index (Phi) is 4.22. The van der Waals surface area contributed by atoms with Gasteiger partial charge in [-0.15, -0.1) is 0 Å². The molecule has 2 aromatic carbocycles. The molecule has 0 fully saturated rings. The van der Waals surface area contributed by atoms with Crippen LogP contribution in [0.2, 0.25) is 5.02 Å². The van der Waals surface area contributed by atoms with Crippen molar-refractivity contribution in [3.05, 3.63) is 63.2 Å². The second kappa shape index (κ2) is 5.90. The molecule has 0 bridgehead atoms. The van der Waals surface area contributed by atoms with Crippen LogP contribution in [-0.2, 0) is 0 Å². The van der Waals surface area contributed by atoms with E-state index in [1.54, 1.807) is 31.2 Å². The van der Waals surface area contributed by atoms with E-state index in [-0.39, 0.29) is 16.5 Å². The highest BCUT2D eigenvalue weighted by molar-refractivity contribution is 6.32. The summed E-state index contributed by atoms with van der Waals surface area (Å²) in [5.74, 6) is 0.697. The molecule has 1 N–H and O–H groups in total. The molecule has 2 rings (SSSR count). The average molecular weight is 294 g/mol. The quantitative estimate of drug-likeness (QED) is 0.680. The first-order valence-electron chi connectivity index (χ1n) is 5.87. The van der Waals surface area contributed by atoms with Crippen LogP contribution < -0.4 is 4.74 Å². The van der Waals surface area contributed by atoms with Gasteiger partial charge in [0.1, 0.15) is 5.75 Å². The second-order valence-corrected chi connectivity index (χ2v) is 4.63. The number of hydrogen-bond donors (Lipinski definition) is 1. The van der Waals surface area contributed by atoms with Crippen molar-refractivity contribution in [2.45, 2.75) is 13.0 Å². The Morgan fingerprint density at radius 3 is 2.45 bits per heavy atom. The first-order chi connectivity index (χ1) is 9.47. The van der Waals surface area contributed by atoms with Gasteiger partial charge in [-0.2, -0.15) is 0 Å². The van der Waals surface area contributed by atoms with Crippen molar-refractivity contribution in [3.8, 4) is 11.5 Å². The van der Waals surface area contributed by atoms with E-state index < -0.39 is 11.0 Å². The molecule has 20 heavy (non-hydrogen) atoms. The second-order valence-electron chi connectivity index (χ2n) is 4.22. The van der Waals surface area contributed by atoms with Gasteiger partial charge >= 0.3 is 0 Å². The normalized spacial score (nSPS) is 11.9. The molecule has 0 aliphatic rings. The lowest BCUT2D eigenvalue weighted by molar-refractivity contribution is -0.384. The fourth-order valence-corrected chi connectivity index (χ4v) is 1.78. The molecule has 0 aliphatic carbocycles. The zero-order valence-corrected chi connectivity index (χ0v) is 11.4. The van der Waals surface area contributed by atoms with E-state index in [2.05, 4.69) is 0 Å². The van der Waals surface area contributed by atoms with E-state index in [1.807, 2.05) is 0 Å². The van der Waals surface area contributed by atoms with E-state index in [9.17, 15) is 15.2 Å². The highest BCUT2D eigenvalue weighted by Gasteiger charge is 2.11. The summed E-state index contributed by atoms with van der Waals surface area (Å²) < 4.78 is 5.52. The van der Waals surface area contributed by atoms with Gasteiger partial charge in [0.05, 0.1) is 22.1 Å². The minimum atomic E-state index is -0.564. The monoisotopic (exact) mass is 293 g/mol. The largest absolute Gasteiger partial charge is 0.456 e. The van der Waals surface area contributed by atoms with E-state index in [1.165, 1.54) is 18.2 Å². The fourth-order valence-electron chi connectivity index (χ4n) is 1.63. The number of aliphatic hydroxyl groups excluding tert-OH is 1. The van der Waals surface area contributed by atoms with Crippen molar-refractivity contribution in [2.24, 2.45) is 0 Å². The molecule has 0 unspecified atom stereocenters. The number of aliphatic hydroxyl groups is 1. The summed E-state index contributed by atoms with van der Waals surface area (Å²) in [4.78, 5) is 10.2. The van der Waals surface area contributed by atoms with Crippen LogP contribution in [0.15, 0.2) is 42.5 Å². The summed E-state index contributed by atoms with van der Waals surface area (Å²) in [6, 6.07) is 10.8. The van der Waals surface area contributed by atoms with Crippen molar-refractivity contribution in [2.75, 3.05) is 0 Å². The Labute approximate surface area is 120 Å². The maximum Gasteiger partial charge on any atom is 0.273 e. The van der Waals surface area contributed by atoms with Gasteiger partial charge in [-0.3, -0.25) is 10.1 Å². The zero-order valence-electron chi connectivity index (χ0n) is 10.6. The van der Waals surface area contributed by atoms with Gasteiger partial charge in [-0.05, 0) is 30.7 Å². The molecule has 0 amide bonds. The highest BCUT2D eigenvalue weighted by atomic mass is 35.5. The van der Waals surface area contributed by atoms with Crippen molar-refractivity contribution >= 4 is 17.3 Å². The first-order valence-corrected chi connectivity index (χ1v) is 6.25. The van der Waals surface area contributed by atoms with Gasteiger partial charge in [0, 0.05) is 6.07 Å². The van der Waals surface area contributed by atoms with Gasteiger partial charge in [-0.1, -0.05) is 23.7 Å². The molecule has 0 heterocycles. The third-order valence-electron chi connectivity index (χ3n) is 2.72. The lowest BCUT2D eigenvalue weighted by Crippen LogP contribution is -1.92. The van der Waals surface area contributed by atoms with Crippen molar-refractivity contribution in [1.29, 1.82) is 0 Å². The smallest absolute Gasteiger partial charge is 0.273 e. The lowest BCUT2D eigenvalue weighted by Gasteiger charge is -2.09. The van der Waals surface area contributed by atoms with E-state index >= 15 is 0 Å². The fraction of sp³-hybridized carbons (Fsp3) is 0.143. The summed E-state index contributed by atoms with van der Waals surface area (Å²) >= 11 is 5.94. The summed E-state index contributed by atoms with van der Waals surface area (Å²) in [7, 11) is 0. The van der Waals surface area contributed by atoms with Crippen molar-refractivity contribution < 1.29 is 14.8 Å². The summed E-state index contributed by atoms with van der Waals surface area (Å²) in [5.41, 5.74) is 0.660. The maximum atomic E-state index is 10.7. The average Bonchev–Trinajstić information content (AvgIpc) is 2.41. The van der Waals surface area contributed by atoms with Gasteiger partial charge in [0.2, 0.25) is 0 Å². The highest BCUT2D eigenvalue weighted by Crippen LogP contribution is 2.33. The predicted octanol–water partition coefficient (Wildman–Crippen LogP) is 4.09. The molecule has 2 aromatic rings. The molecule has 0 radical (unpaired) electrons. The molecule has 0 spiro atoms. The van der Waals surface area contributed by atoms with Crippen LogP contribution in [0.1, 0.15) is 18.6 Å². The Bertz CT molecular complexity index is 626. The molecule has 1 atom stereocenters.